The van der Waals surface area contributed by atoms with Crippen LogP contribution in [0.1, 0.15) is 25.3 Å². The summed E-state index contributed by atoms with van der Waals surface area (Å²) in [5.74, 6) is 0.571. The normalized spacial score (nSPS) is 9.94. The third-order valence-electron chi connectivity index (χ3n) is 2.67. The molecule has 0 bridgehead atoms. The molecule has 0 saturated heterocycles. The van der Waals surface area contributed by atoms with Crippen molar-refractivity contribution >= 4 is 12.4 Å². The lowest BCUT2D eigenvalue weighted by Gasteiger charge is -2.12. The van der Waals surface area contributed by atoms with Crippen molar-refractivity contribution in [2.24, 2.45) is 0 Å². The zero-order chi connectivity index (χ0) is 10.7. The van der Waals surface area contributed by atoms with Gasteiger partial charge in [0.05, 0.1) is 0 Å². The summed E-state index contributed by atoms with van der Waals surface area (Å²) < 4.78 is 0. The molecule has 0 aliphatic heterocycles. The Bertz CT molecular complexity index is 432. The first-order valence-electron chi connectivity index (χ1n) is 5.43. The van der Waals surface area contributed by atoms with Crippen molar-refractivity contribution in [2.75, 3.05) is 0 Å². The fraction of sp³-hybridized carbons (Fsp3) is 0.200. The lowest BCUT2D eigenvalue weighted by molar-refractivity contribution is 0.869. The Morgan fingerprint density at radius 3 is 1.94 bits per heavy atom. The molecule has 0 amide bonds. The van der Waals surface area contributed by atoms with E-state index in [1.54, 1.807) is 0 Å². The third-order valence-corrected chi connectivity index (χ3v) is 2.67. The highest BCUT2D eigenvalue weighted by Gasteiger charge is 2.06. The number of rotatable bonds is 2. The van der Waals surface area contributed by atoms with Crippen LogP contribution >= 0.6 is 12.4 Å². The molecular weight excluding hydrogens is 216 g/mol. The van der Waals surface area contributed by atoms with Crippen molar-refractivity contribution in [2.45, 2.75) is 19.8 Å². The molecule has 16 heavy (non-hydrogen) atoms. The first-order valence-corrected chi connectivity index (χ1v) is 5.43. The smallest absolute Gasteiger partial charge is 0.0149 e. The highest BCUT2D eigenvalue weighted by molar-refractivity contribution is 5.85. The summed E-state index contributed by atoms with van der Waals surface area (Å²) in [4.78, 5) is 0. The maximum absolute atomic E-state index is 2.24. The summed E-state index contributed by atoms with van der Waals surface area (Å²) in [6.45, 7) is 4.48. The fourth-order valence-electron chi connectivity index (χ4n) is 1.88. The Balaban J connectivity index is 0.00000128. The summed E-state index contributed by atoms with van der Waals surface area (Å²) in [6, 6.07) is 19.2. The average Bonchev–Trinajstić information content (AvgIpc) is 2.30. The Hall–Kier alpha value is -1.27. The zero-order valence-electron chi connectivity index (χ0n) is 9.68. The van der Waals surface area contributed by atoms with Gasteiger partial charge in [0.2, 0.25) is 0 Å². The topological polar surface area (TPSA) is 0 Å². The van der Waals surface area contributed by atoms with E-state index >= 15 is 0 Å². The summed E-state index contributed by atoms with van der Waals surface area (Å²) >= 11 is 0. The van der Waals surface area contributed by atoms with Crippen LogP contribution in [-0.2, 0) is 0 Å². The van der Waals surface area contributed by atoms with Crippen molar-refractivity contribution in [3.05, 3.63) is 60.2 Å². The Morgan fingerprint density at radius 2 is 1.31 bits per heavy atom. The molecule has 2 rings (SSSR count). The van der Waals surface area contributed by atoms with Crippen molar-refractivity contribution in [1.82, 2.24) is 0 Å². The lowest BCUT2D eigenvalue weighted by atomic mass is 9.93. The van der Waals surface area contributed by atoms with Crippen molar-refractivity contribution in [3.8, 4) is 11.1 Å². The summed E-state index contributed by atoms with van der Waals surface area (Å²) in [6.07, 6.45) is 0. The van der Waals surface area contributed by atoms with E-state index in [4.69, 9.17) is 0 Å². The fourth-order valence-corrected chi connectivity index (χ4v) is 1.88. The Labute approximate surface area is 104 Å². The maximum atomic E-state index is 2.24. The van der Waals surface area contributed by atoms with Gasteiger partial charge in [-0.2, -0.15) is 0 Å². The van der Waals surface area contributed by atoms with Crippen LogP contribution in [0, 0.1) is 0 Å². The molecule has 0 aromatic heterocycles. The van der Waals surface area contributed by atoms with Crippen LogP contribution < -0.4 is 0 Å². The van der Waals surface area contributed by atoms with Crippen LogP contribution in [-0.4, -0.2) is 0 Å². The molecule has 1 heteroatoms. The minimum atomic E-state index is 0. The molecule has 2 aromatic carbocycles. The van der Waals surface area contributed by atoms with E-state index in [0.717, 1.165) is 0 Å². The molecule has 0 aliphatic carbocycles. The van der Waals surface area contributed by atoms with E-state index in [-0.39, 0.29) is 12.4 Å². The second-order valence-electron chi connectivity index (χ2n) is 4.11. The van der Waals surface area contributed by atoms with Gasteiger partial charge in [0, 0.05) is 0 Å². The SMILES string of the molecule is CC(C)c1ccccc1-c1ccccc1.Cl. The van der Waals surface area contributed by atoms with Crippen molar-refractivity contribution in [3.63, 3.8) is 0 Å². The zero-order valence-corrected chi connectivity index (χ0v) is 10.5. The minimum Gasteiger partial charge on any atom is -0.147 e. The van der Waals surface area contributed by atoms with Crippen molar-refractivity contribution in [1.29, 1.82) is 0 Å². The average molecular weight is 233 g/mol. The maximum Gasteiger partial charge on any atom is -0.0149 e. The van der Waals surface area contributed by atoms with E-state index in [9.17, 15) is 0 Å². The van der Waals surface area contributed by atoms with Gasteiger partial charge in [-0.05, 0) is 22.6 Å². The van der Waals surface area contributed by atoms with Crippen LogP contribution in [0.15, 0.2) is 54.6 Å². The molecule has 0 unspecified atom stereocenters. The molecule has 84 valence electrons. The molecule has 0 nitrogen and oxygen atoms in total. The molecule has 0 fully saturated rings. The number of hydrogen-bond donors (Lipinski definition) is 0. The molecule has 2 aromatic rings. The molecule has 0 saturated carbocycles. The van der Waals surface area contributed by atoms with E-state index in [2.05, 4.69) is 68.4 Å². The van der Waals surface area contributed by atoms with Gasteiger partial charge < -0.3 is 0 Å². The van der Waals surface area contributed by atoms with Crippen LogP contribution in [0.25, 0.3) is 11.1 Å². The van der Waals surface area contributed by atoms with E-state index in [1.165, 1.54) is 16.7 Å². The van der Waals surface area contributed by atoms with Crippen molar-refractivity contribution < 1.29 is 0 Å². The molecule has 0 atom stereocenters. The Kier molecular flexibility index (Phi) is 4.57. The predicted octanol–water partition coefficient (Wildman–Crippen LogP) is 4.90. The molecule has 0 aliphatic rings. The number of halogens is 1. The number of hydrogen-bond acceptors (Lipinski definition) is 0. The first-order chi connectivity index (χ1) is 7.29. The van der Waals surface area contributed by atoms with Gasteiger partial charge in [-0.3, -0.25) is 0 Å². The van der Waals surface area contributed by atoms with Gasteiger partial charge in [-0.15, -0.1) is 12.4 Å². The van der Waals surface area contributed by atoms with Gasteiger partial charge in [-0.25, -0.2) is 0 Å². The second-order valence-corrected chi connectivity index (χ2v) is 4.11. The van der Waals surface area contributed by atoms with E-state index in [0.29, 0.717) is 5.92 Å². The number of benzene rings is 2. The van der Waals surface area contributed by atoms with Crippen LogP contribution in [0.4, 0.5) is 0 Å². The molecule has 0 spiro atoms. The van der Waals surface area contributed by atoms with E-state index < -0.39 is 0 Å². The largest absolute Gasteiger partial charge is 0.147 e. The van der Waals surface area contributed by atoms with E-state index in [1.807, 2.05) is 0 Å². The van der Waals surface area contributed by atoms with Crippen LogP contribution in [0.3, 0.4) is 0 Å². The molecule has 0 N–H and O–H groups in total. The highest BCUT2D eigenvalue weighted by Crippen LogP contribution is 2.28. The molecule has 0 radical (unpaired) electrons. The van der Waals surface area contributed by atoms with Gasteiger partial charge >= 0.3 is 0 Å². The first kappa shape index (κ1) is 12.8. The summed E-state index contributed by atoms with van der Waals surface area (Å²) in [5, 5.41) is 0. The highest BCUT2D eigenvalue weighted by atomic mass is 35.5. The molecular formula is C15H17Cl. The van der Waals surface area contributed by atoms with Gasteiger partial charge in [0.15, 0.2) is 0 Å². The minimum absolute atomic E-state index is 0. The summed E-state index contributed by atoms with van der Waals surface area (Å²) in [7, 11) is 0. The van der Waals surface area contributed by atoms with Gasteiger partial charge in [0.1, 0.15) is 0 Å². The second kappa shape index (κ2) is 5.72. The van der Waals surface area contributed by atoms with Crippen LogP contribution in [0.5, 0.6) is 0 Å². The molecule has 0 heterocycles. The monoisotopic (exact) mass is 232 g/mol. The summed E-state index contributed by atoms with van der Waals surface area (Å²) in [5.41, 5.74) is 4.08. The third kappa shape index (κ3) is 2.65. The van der Waals surface area contributed by atoms with Gasteiger partial charge in [-0.1, -0.05) is 68.4 Å². The standard InChI is InChI=1S/C15H16.ClH/c1-12(2)14-10-6-7-11-15(14)13-8-4-3-5-9-13;/h3-12H,1-2H3;1H. The van der Waals surface area contributed by atoms with Gasteiger partial charge in [0.25, 0.3) is 0 Å². The quantitative estimate of drug-likeness (QED) is 0.691. The predicted molar refractivity (Wildman–Crippen MR) is 73.2 cm³/mol. The van der Waals surface area contributed by atoms with Crippen LogP contribution in [0.2, 0.25) is 0 Å². The lowest BCUT2D eigenvalue weighted by Crippen LogP contribution is -1.91. The Morgan fingerprint density at radius 1 is 0.750 bits per heavy atom.